The van der Waals surface area contributed by atoms with E-state index in [-0.39, 0.29) is 12.0 Å². The van der Waals surface area contributed by atoms with Crippen LogP contribution in [-0.2, 0) is 4.74 Å². The average molecular weight is 324 g/mol. The Morgan fingerprint density at radius 3 is 2.95 bits per heavy atom. The van der Waals surface area contributed by atoms with Gasteiger partial charge < -0.3 is 14.6 Å². The molecule has 100 valence electrons. The quantitative estimate of drug-likeness (QED) is 0.938. The second kappa shape index (κ2) is 5.40. The van der Waals surface area contributed by atoms with Crippen molar-refractivity contribution in [3.8, 4) is 11.4 Å². The zero-order valence-corrected chi connectivity index (χ0v) is 12.1. The van der Waals surface area contributed by atoms with E-state index in [1.54, 1.807) is 0 Å². The molecule has 1 aliphatic heterocycles. The zero-order valence-electron chi connectivity index (χ0n) is 10.5. The Labute approximate surface area is 119 Å². The van der Waals surface area contributed by atoms with Gasteiger partial charge in [0, 0.05) is 16.1 Å². The lowest BCUT2D eigenvalue weighted by molar-refractivity contribution is 0.185. The predicted octanol–water partition coefficient (Wildman–Crippen LogP) is 2.20. The van der Waals surface area contributed by atoms with E-state index in [0.717, 1.165) is 10.0 Å². The summed E-state index contributed by atoms with van der Waals surface area (Å²) >= 11 is 3.49. The molecule has 0 spiro atoms. The van der Waals surface area contributed by atoms with Crippen LogP contribution >= 0.6 is 15.9 Å². The molecule has 2 unspecified atom stereocenters. The highest BCUT2D eigenvalue weighted by molar-refractivity contribution is 9.10. The highest BCUT2D eigenvalue weighted by Gasteiger charge is 2.33. The van der Waals surface area contributed by atoms with Gasteiger partial charge >= 0.3 is 0 Å². The molecule has 1 saturated heterocycles. The van der Waals surface area contributed by atoms with Gasteiger partial charge in [0.2, 0.25) is 11.7 Å². The highest BCUT2D eigenvalue weighted by atomic mass is 79.9. The van der Waals surface area contributed by atoms with Gasteiger partial charge in [-0.25, -0.2) is 0 Å². The lowest BCUT2D eigenvalue weighted by Gasteiger charge is -2.11. The first-order chi connectivity index (χ1) is 9.29. The van der Waals surface area contributed by atoms with E-state index >= 15 is 0 Å². The molecule has 2 atom stereocenters. The number of nitrogens with zero attached hydrogens (tertiary/aromatic N) is 2. The molecule has 3 rings (SSSR count). The lowest BCUT2D eigenvalue weighted by atomic mass is 10.0. The number of hydrogen-bond acceptors (Lipinski definition) is 5. The molecule has 1 fully saturated rings. The topological polar surface area (TPSA) is 60.2 Å². The molecule has 1 aliphatic rings. The largest absolute Gasteiger partial charge is 0.379 e. The fraction of sp³-hybridized carbons (Fsp3) is 0.385. The molecule has 5 nitrogen and oxygen atoms in total. The van der Waals surface area contributed by atoms with Crippen LogP contribution < -0.4 is 5.32 Å². The van der Waals surface area contributed by atoms with Gasteiger partial charge in [0.25, 0.3) is 0 Å². The number of rotatable bonds is 3. The Kier molecular flexibility index (Phi) is 3.63. The van der Waals surface area contributed by atoms with Crippen LogP contribution in [-0.4, -0.2) is 36.4 Å². The molecule has 2 heterocycles. The van der Waals surface area contributed by atoms with Gasteiger partial charge in [-0.1, -0.05) is 33.2 Å². The van der Waals surface area contributed by atoms with E-state index in [0.29, 0.717) is 24.9 Å². The molecule has 1 N–H and O–H groups in total. The first-order valence-corrected chi connectivity index (χ1v) is 6.92. The molecule has 6 heteroatoms. The molecule has 0 saturated carbocycles. The summed E-state index contributed by atoms with van der Waals surface area (Å²) in [6.07, 6.45) is 0. The van der Waals surface area contributed by atoms with Crippen molar-refractivity contribution in [1.29, 1.82) is 0 Å². The van der Waals surface area contributed by atoms with Gasteiger partial charge in [-0.2, -0.15) is 4.98 Å². The summed E-state index contributed by atoms with van der Waals surface area (Å²) < 4.78 is 11.8. The van der Waals surface area contributed by atoms with Gasteiger partial charge in [-0.3, -0.25) is 0 Å². The van der Waals surface area contributed by atoms with Crippen molar-refractivity contribution < 1.29 is 9.26 Å². The summed E-state index contributed by atoms with van der Waals surface area (Å²) in [4.78, 5) is 4.49. The maximum absolute atomic E-state index is 5.45. The molecule has 0 bridgehead atoms. The summed E-state index contributed by atoms with van der Waals surface area (Å²) in [6.45, 7) is 1.29. The number of hydrogen-bond donors (Lipinski definition) is 1. The average Bonchev–Trinajstić information content (AvgIpc) is 3.07. The van der Waals surface area contributed by atoms with Gasteiger partial charge in [0.05, 0.1) is 19.1 Å². The maximum Gasteiger partial charge on any atom is 0.234 e. The number of ether oxygens (including phenoxy) is 1. The summed E-state index contributed by atoms with van der Waals surface area (Å²) in [6, 6.07) is 8.05. The minimum Gasteiger partial charge on any atom is -0.379 e. The van der Waals surface area contributed by atoms with Crippen LogP contribution in [0.4, 0.5) is 0 Å². The molecule has 0 aliphatic carbocycles. The Hall–Kier alpha value is -1.24. The standard InChI is InChI=1S/C13H14BrN3O2/c1-15-11-7-18-6-9(11)13-16-12(17-19-13)8-4-2-3-5-10(8)14/h2-5,9,11,15H,6-7H2,1H3. The van der Waals surface area contributed by atoms with E-state index in [9.17, 15) is 0 Å². The monoisotopic (exact) mass is 323 g/mol. The molecular formula is C13H14BrN3O2. The van der Waals surface area contributed by atoms with Crippen molar-refractivity contribution in [3.05, 3.63) is 34.6 Å². The van der Waals surface area contributed by atoms with Crippen molar-refractivity contribution >= 4 is 15.9 Å². The van der Waals surface area contributed by atoms with Crippen LogP contribution in [0.1, 0.15) is 11.8 Å². The summed E-state index contributed by atoms with van der Waals surface area (Å²) in [5, 5.41) is 7.27. The number of likely N-dealkylation sites (N-methyl/N-ethyl adjacent to an activating group) is 1. The first kappa shape index (κ1) is 12.8. The van der Waals surface area contributed by atoms with Gasteiger partial charge in [0.15, 0.2) is 0 Å². The summed E-state index contributed by atoms with van der Waals surface area (Å²) in [5.41, 5.74) is 0.928. The fourth-order valence-corrected chi connectivity index (χ4v) is 2.68. The normalized spacial score (nSPS) is 22.8. The van der Waals surface area contributed by atoms with Crippen LogP contribution in [0.3, 0.4) is 0 Å². The summed E-state index contributed by atoms with van der Waals surface area (Å²) in [7, 11) is 1.91. The fourth-order valence-electron chi connectivity index (χ4n) is 2.22. The Bertz CT molecular complexity index is 573. The zero-order chi connectivity index (χ0) is 13.2. The van der Waals surface area contributed by atoms with Crippen molar-refractivity contribution in [1.82, 2.24) is 15.5 Å². The Morgan fingerprint density at radius 2 is 2.16 bits per heavy atom. The molecule has 1 aromatic heterocycles. The molecule has 0 amide bonds. The third-order valence-corrected chi connectivity index (χ3v) is 4.02. The van der Waals surface area contributed by atoms with Gasteiger partial charge in [0.1, 0.15) is 0 Å². The number of halogens is 1. The molecule has 2 aromatic rings. The van der Waals surface area contributed by atoms with Crippen LogP contribution in [0.5, 0.6) is 0 Å². The maximum atomic E-state index is 5.45. The summed E-state index contributed by atoms with van der Waals surface area (Å²) in [5.74, 6) is 1.35. The van der Waals surface area contributed by atoms with Crippen molar-refractivity contribution in [2.75, 3.05) is 20.3 Å². The minimum absolute atomic E-state index is 0.119. The lowest BCUT2D eigenvalue weighted by Crippen LogP contribution is -2.31. The van der Waals surface area contributed by atoms with Crippen molar-refractivity contribution in [2.24, 2.45) is 0 Å². The molecule has 0 radical (unpaired) electrons. The highest BCUT2D eigenvalue weighted by Crippen LogP contribution is 2.29. The van der Waals surface area contributed by atoms with Crippen LogP contribution in [0, 0.1) is 0 Å². The van der Waals surface area contributed by atoms with Crippen molar-refractivity contribution in [3.63, 3.8) is 0 Å². The van der Waals surface area contributed by atoms with E-state index in [2.05, 4.69) is 31.4 Å². The van der Waals surface area contributed by atoms with Gasteiger partial charge in [-0.05, 0) is 19.2 Å². The smallest absolute Gasteiger partial charge is 0.234 e. The number of nitrogens with one attached hydrogen (secondary N) is 1. The molecule has 19 heavy (non-hydrogen) atoms. The third kappa shape index (κ3) is 2.43. The molecular weight excluding hydrogens is 310 g/mol. The van der Waals surface area contributed by atoms with E-state index in [4.69, 9.17) is 9.26 Å². The second-order valence-electron chi connectivity index (χ2n) is 4.48. The SMILES string of the molecule is CNC1COCC1c1nc(-c2ccccc2Br)no1. The minimum atomic E-state index is 0.119. The Morgan fingerprint density at radius 1 is 1.32 bits per heavy atom. The van der Waals surface area contributed by atoms with Crippen LogP contribution in [0.25, 0.3) is 11.4 Å². The van der Waals surface area contributed by atoms with Gasteiger partial charge in [-0.15, -0.1) is 0 Å². The van der Waals surface area contributed by atoms with E-state index in [1.807, 2.05) is 31.3 Å². The van der Waals surface area contributed by atoms with E-state index < -0.39 is 0 Å². The predicted molar refractivity (Wildman–Crippen MR) is 73.8 cm³/mol. The first-order valence-electron chi connectivity index (χ1n) is 6.13. The van der Waals surface area contributed by atoms with Crippen LogP contribution in [0.15, 0.2) is 33.3 Å². The Balaban J connectivity index is 1.90. The molecule has 1 aromatic carbocycles. The van der Waals surface area contributed by atoms with E-state index in [1.165, 1.54) is 0 Å². The third-order valence-electron chi connectivity index (χ3n) is 3.33. The second-order valence-corrected chi connectivity index (χ2v) is 5.33. The van der Waals surface area contributed by atoms with Crippen LogP contribution in [0.2, 0.25) is 0 Å². The van der Waals surface area contributed by atoms with Crippen molar-refractivity contribution in [2.45, 2.75) is 12.0 Å². The number of benzene rings is 1. The number of aromatic nitrogens is 2.